The Morgan fingerprint density at radius 1 is 0.609 bits per heavy atom. The summed E-state index contributed by atoms with van der Waals surface area (Å²) in [5.41, 5.74) is 0. The Balaban J connectivity index is 1.56. The maximum Gasteiger partial charge on any atom is 0.306 e. The predicted octanol–water partition coefficient (Wildman–Crippen LogP) is 4.69. The average molecular weight is 324 g/mol. The number of carbonyl (C=O) groups excluding carboxylic acids is 2. The summed E-state index contributed by atoms with van der Waals surface area (Å²) in [6, 6.07) is 0. The Bertz CT molecular complexity index is 316. The summed E-state index contributed by atoms with van der Waals surface area (Å²) in [4.78, 5) is 23.7. The molecule has 0 heterocycles. The van der Waals surface area contributed by atoms with Gasteiger partial charge in [-0.25, -0.2) is 0 Å². The normalized spacial score (nSPS) is 21.2. The highest BCUT2D eigenvalue weighted by atomic mass is 16.5. The summed E-state index contributed by atoms with van der Waals surface area (Å²) in [6.45, 7) is 0. The predicted molar refractivity (Wildman–Crippen MR) is 89.0 cm³/mol. The van der Waals surface area contributed by atoms with Gasteiger partial charge in [-0.1, -0.05) is 25.7 Å². The molecule has 2 fully saturated rings. The van der Waals surface area contributed by atoms with Crippen molar-refractivity contribution >= 4 is 11.9 Å². The van der Waals surface area contributed by atoms with Gasteiger partial charge >= 0.3 is 11.9 Å². The fourth-order valence-electron chi connectivity index (χ4n) is 3.59. The quantitative estimate of drug-likeness (QED) is 0.525. The maximum absolute atomic E-state index is 11.9. The first-order valence-electron chi connectivity index (χ1n) is 9.63. The highest BCUT2D eigenvalue weighted by Gasteiger charge is 2.18. The van der Waals surface area contributed by atoms with Crippen LogP contribution in [0.2, 0.25) is 0 Å². The molecule has 23 heavy (non-hydrogen) atoms. The third kappa shape index (κ3) is 7.85. The van der Waals surface area contributed by atoms with Crippen molar-refractivity contribution in [2.24, 2.45) is 0 Å². The van der Waals surface area contributed by atoms with Gasteiger partial charge in [0, 0.05) is 12.8 Å². The van der Waals surface area contributed by atoms with E-state index in [4.69, 9.17) is 9.47 Å². The largest absolute Gasteiger partial charge is 0.462 e. The van der Waals surface area contributed by atoms with E-state index in [1.807, 2.05) is 0 Å². The summed E-state index contributed by atoms with van der Waals surface area (Å²) in [6.07, 6.45) is 15.0. The Kier molecular flexibility index (Phi) is 8.48. The molecule has 0 radical (unpaired) electrons. The number of hydrogen-bond donors (Lipinski definition) is 0. The third-order valence-corrected chi connectivity index (χ3v) is 4.96. The van der Waals surface area contributed by atoms with Crippen LogP contribution in [-0.2, 0) is 19.1 Å². The van der Waals surface area contributed by atoms with Crippen LogP contribution in [0.3, 0.4) is 0 Å². The first kappa shape index (κ1) is 18.3. The molecule has 0 aromatic carbocycles. The van der Waals surface area contributed by atoms with Crippen molar-refractivity contribution in [2.45, 2.75) is 109 Å². The van der Waals surface area contributed by atoms with Gasteiger partial charge < -0.3 is 9.47 Å². The van der Waals surface area contributed by atoms with Gasteiger partial charge in [0.2, 0.25) is 0 Å². The fourth-order valence-corrected chi connectivity index (χ4v) is 3.59. The Hall–Kier alpha value is -1.06. The highest BCUT2D eigenvalue weighted by molar-refractivity contribution is 5.72. The van der Waals surface area contributed by atoms with E-state index in [1.54, 1.807) is 0 Å². The summed E-state index contributed by atoms with van der Waals surface area (Å²) in [5.74, 6) is -0.307. The van der Waals surface area contributed by atoms with Gasteiger partial charge in [-0.3, -0.25) is 9.59 Å². The van der Waals surface area contributed by atoms with Crippen molar-refractivity contribution in [1.82, 2.24) is 0 Å². The van der Waals surface area contributed by atoms with Crippen molar-refractivity contribution in [3.8, 4) is 0 Å². The molecule has 4 heteroatoms. The van der Waals surface area contributed by atoms with Gasteiger partial charge in [-0.15, -0.1) is 0 Å². The lowest BCUT2D eigenvalue weighted by Crippen LogP contribution is -2.19. The fraction of sp³-hybridized carbons (Fsp3) is 0.895. The highest BCUT2D eigenvalue weighted by Crippen LogP contribution is 2.21. The summed E-state index contributed by atoms with van der Waals surface area (Å²) in [7, 11) is 0. The molecule has 0 aromatic heterocycles. The molecule has 2 rings (SSSR count). The van der Waals surface area contributed by atoms with E-state index in [2.05, 4.69) is 0 Å². The zero-order chi connectivity index (χ0) is 16.3. The molecule has 0 N–H and O–H groups in total. The molecular formula is C19H32O4. The molecule has 2 aliphatic carbocycles. The number of carbonyl (C=O) groups is 2. The van der Waals surface area contributed by atoms with Crippen molar-refractivity contribution in [3.05, 3.63) is 0 Å². The molecule has 2 saturated carbocycles. The van der Waals surface area contributed by atoms with E-state index in [-0.39, 0.29) is 24.1 Å². The van der Waals surface area contributed by atoms with Gasteiger partial charge in [0.25, 0.3) is 0 Å². The summed E-state index contributed by atoms with van der Waals surface area (Å²) >= 11 is 0. The first-order chi connectivity index (χ1) is 11.2. The lowest BCUT2D eigenvalue weighted by molar-refractivity contribution is -0.151. The summed E-state index contributed by atoms with van der Waals surface area (Å²) in [5, 5.41) is 0. The zero-order valence-electron chi connectivity index (χ0n) is 14.4. The third-order valence-electron chi connectivity index (χ3n) is 4.96. The minimum absolute atomic E-state index is 0.0999. The lowest BCUT2D eigenvalue weighted by atomic mass is 10.1. The molecule has 0 atom stereocenters. The number of rotatable bonds is 6. The smallest absolute Gasteiger partial charge is 0.306 e. The molecule has 4 nitrogen and oxygen atoms in total. The molecule has 0 amide bonds. The van der Waals surface area contributed by atoms with Crippen LogP contribution in [0, 0.1) is 0 Å². The summed E-state index contributed by atoms with van der Waals surface area (Å²) < 4.78 is 11.1. The van der Waals surface area contributed by atoms with Gasteiger partial charge in [0.05, 0.1) is 0 Å². The average Bonchev–Trinajstić information content (AvgIpc) is 2.92. The van der Waals surface area contributed by atoms with Crippen LogP contribution in [0.5, 0.6) is 0 Å². The van der Waals surface area contributed by atoms with Crippen LogP contribution in [0.15, 0.2) is 0 Å². The van der Waals surface area contributed by atoms with Crippen molar-refractivity contribution in [3.63, 3.8) is 0 Å². The lowest BCUT2D eigenvalue weighted by Gasteiger charge is -2.16. The van der Waals surface area contributed by atoms with Crippen LogP contribution >= 0.6 is 0 Å². The van der Waals surface area contributed by atoms with Crippen molar-refractivity contribution in [2.75, 3.05) is 0 Å². The number of ether oxygens (including phenoxy) is 2. The van der Waals surface area contributed by atoms with Crippen LogP contribution < -0.4 is 0 Å². The van der Waals surface area contributed by atoms with E-state index in [1.165, 1.54) is 25.7 Å². The second kappa shape index (κ2) is 10.7. The Morgan fingerprint density at radius 3 is 1.30 bits per heavy atom. The van der Waals surface area contributed by atoms with Crippen LogP contribution in [-0.4, -0.2) is 24.1 Å². The van der Waals surface area contributed by atoms with Gasteiger partial charge in [-0.2, -0.15) is 0 Å². The second-order valence-electron chi connectivity index (χ2n) is 7.06. The SMILES string of the molecule is O=C(CCCC(=O)OC1CCCCCC1)OC1CCCCCC1. The first-order valence-corrected chi connectivity index (χ1v) is 9.63. The second-order valence-corrected chi connectivity index (χ2v) is 7.06. The maximum atomic E-state index is 11.9. The van der Waals surface area contributed by atoms with Gasteiger partial charge in [0.15, 0.2) is 0 Å². The number of hydrogen-bond acceptors (Lipinski definition) is 4. The van der Waals surface area contributed by atoms with Crippen LogP contribution in [0.1, 0.15) is 96.3 Å². The van der Waals surface area contributed by atoms with Crippen molar-refractivity contribution < 1.29 is 19.1 Å². The molecule has 0 aliphatic heterocycles. The van der Waals surface area contributed by atoms with Crippen molar-refractivity contribution in [1.29, 1.82) is 0 Å². The van der Waals surface area contributed by atoms with E-state index in [0.29, 0.717) is 19.3 Å². The minimum Gasteiger partial charge on any atom is -0.462 e. The van der Waals surface area contributed by atoms with E-state index >= 15 is 0 Å². The molecule has 2 aliphatic rings. The van der Waals surface area contributed by atoms with Crippen LogP contribution in [0.4, 0.5) is 0 Å². The van der Waals surface area contributed by atoms with Gasteiger partial charge in [-0.05, 0) is 57.8 Å². The van der Waals surface area contributed by atoms with E-state index < -0.39 is 0 Å². The van der Waals surface area contributed by atoms with Gasteiger partial charge in [0.1, 0.15) is 12.2 Å². The molecule has 0 unspecified atom stereocenters. The molecule has 0 aromatic rings. The van der Waals surface area contributed by atoms with E-state index in [9.17, 15) is 9.59 Å². The molecule has 0 saturated heterocycles. The number of esters is 2. The van der Waals surface area contributed by atoms with Crippen LogP contribution in [0.25, 0.3) is 0 Å². The Labute approximate surface area is 140 Å². The monoisotopic (exact) mass is 324 g/mol. The molecule has 0 spiro atoms. The van der Waals surface area contributed by atoms with E-state index in [0.717, 1.165) is 51.4 Å². The molecule has 0 bridgehead atoms. The standard InChI is InChI=1S/C19H32O4/c20-18(22-16-10-5-1-2-6-11-16)14-9-15-19(21)23-17-12-7-3-4-8-13-17/h16-17H,1-15H2. The zero-order valence-corrected chi connectivity index (χ0v) is 14.4. The molecule has 132 valence electrons. The molecular weight excluding hydrogens is 292 g/mol. The minimum atomic E-state index is -0.154. The Morgan fingerprint density at radius 2 is 0.957 bits per heavy atom. The topological polar surface area (TPSA) is 52.6 Å².